The predicted molar refractivity (Wildman–Crippen MR) is 109 cm³/mol. The molecule has 8 atom stereocenters. The second-order valence-electron chi connectivity index (χ2n) is 10.4. The van der Waals surface area contributed by atoms with Crippen LogP contribution in [0.25, 0.3) is 0 Å². The van der Waals surface area contributed by atoms with E-state index in [-0.39, 0.29) is 18.3 Å². The van der Waals surface area contributed by atoms with Crippen LogP contribution in [0.15, 0.2) is 11.6 Å². The zero-order chi connectivity index (χ0) is 22.6. The van der Waals surface area contributed by atoms with E-state index in [9.17, 15) is 24.9 Å². The van der Waals surface area contributed by atoms with Gasteiger partial charge in [0.05, 0.1) is 18.8 Å². The zero-order valence-electron chi connectivity index (χ0n) is 18.8. The number of hydrogen-bond acceptors (Lipinski definition) is 7. The van der Waals surface area contributed by atoms with Gasteiger partial charge in [0.15, 0.2) is 5.78 Å². The maximum absolute atomic E-state index is 13.2. The van der Waals surface area contributed by atoms with Crippen molar-refractivity contribution in [1.82, 2.24) is 0 Å². The first kappa shape index (κ1) is 23.4. The van der Waals surface area contributed by atoms with Crippen molar-refractivity contribution in [3.8, 4) is 0 Å². The van der Waals surface area contributed by atoms with Gasteiger partial charge < -0.3 is 24.8 Å². The van der Waals surface area contributed by atoms with Gasteiger partial charge in [-0.05, 0) is 44.1 Å². The van der Waals surface area contributed by atoms with Crippen LogP contribution < -0.4 is 0 Å². The summed E-state index contributed by atoms with van der Waals surface area (Å²) in [6, 6.07) is 0. The number of hydrogen-bond donors (Lipinski definition) is 3. The Bertz CT molecular complexity index is 742. The van der Waals surface area contributed by atoms with E-state index in [1.54, 1.807) is 6.92 Å². The van der Waals surface area contributed by atoms with Crippen LogP contribution in [0.5, 0.6) is 0 Å². The summed E-state index contributed by atoms with van der Waals surface area (Å²) in [6.45, 7) is 10.4. The lowest BCUT2D eigenvalue weighted by molar-refractivity contribution is -0.316. The van der Waals surface area contributed by atoms with Crippen molar-refractivity contribution in [2.75, 3.05) is 6.61 Å². The molecule has 1 heterocycles. The fourth-order valence-electron chi connectivity index (χ4n) is 6.19. The molecule has 1 unspecified atom stereocenters. The number of Topliss-reactive ketones (excluding diaryl/α,β-unsaturated/α-hetero) is 1. The second kappa shape index (κ2) is 7.69. The highest BCUT2D eigenvalue weighted by atomic mass is 16.6. The number of ether oxygens (including phenoxy) is 2. The molecule has 1 aliphatic heterocycles. The molecule has 1 saturated heterocycles. The molecule has 0 amide bonds. The molecule has 0 spiro atoms. The molecule has 2 aliphatic carbocycles. The van der Waals surface area contributed by atoms with Gasteiger partial charge in [-0.15, -0.1) is 0 Å². The third kappa shape index (κ3) is 3.64. The van der Waals surface area contributed by atoms with E-state index < -0.39 is 52.7 Å². The molecule has 0 radical (unpaired) electrons. The van der Waals surface area contributed by atoms with Gasteiger partial charge in [0.1, 0.15) is 17.8 Å². The van der Waals surface area contributed by atoms with Gasteiger partial charge >= 0.3 is 5.97 Å². The molecule has 2 fully saturated rings. The lowest BCUT2D eigenvalue weighted by atomic mass is 9.50. The van der Waals surface area contributed by atoms with Gasteiger partial charge in [0.2, 0.25) is 0 Å². The Morgan fingerprint density at radius 1 is 1.30 bits per heavy atom. The van der Waals surface area contributed by atoms with Gasteiger partial charge in [-0.3, -0.25) is 9.59 Å². The lowest BCUT2D eigenvalue weighted by Crippen LogP contribution is -2.74. The molecule has 7 heteroatoms. The number of esters is 1. The topological polar surface area (TPSA) is 113 Å². The molecule has 1 saturated carbocycles. The van der Waals surface area contributed by atoms with Gasteiger partial charge in [-0.25, -0.2) is 0 Å². The molecule has 0 aromatic rings. The Balaban J connectivity index is 2.14. The number of aliphatic hydroxyl groups is 3. The van der Waals surface area contributed by atoms with Gasteiger partial charge in [0, 0.05) is 24.2 Å². The summed E-state index contributed by atoms with van der Waals surface area (Å²) in [4.78, 5) is 25.4. The Kier molecular flexibility index (Phi) is 6.00. The summed E-state index contributed by atoms with van der Waals surface area (Å²) < 4.78 is 11.5. The average Bonchev–Trinajstić information content (AvgIpc) is 2.60. The van der Waals surface area contributed by atoms with Crippen molar-refractivity contribution in [1.29, 1.82) is 0 Å². The molecule has 30 heavy (non-hydrogen) atoms. The highest BCUT2D eigenvalue weighted by Crippen LogP contribution is 2.58. The highest BCUT2D eigenvalue weighted by Gasteiger charge is 2.68. The second-order valence-corrected chi connectivity index (χ2v) is 10.4. The average molecular weight is 425 g/mol. The quantitative estimate of drug-likeness (QED) is 0.455. The van der Waals surface area contributed by atoms with E-state index >= 15 is 0 Å². The van der Waals surface area contributed by atoms with Crippen LogP contribution in [0.4, 0.5) is 0 Å². The summed E-state index contributed by atoms with van der Waals surface area (Å²) in [6.07, 6.45) is 0.0870. The maximum atomic E-state index is 13.2. The molecular weight excluding hydrogens is 388 g/mol. The first-order valence-electron chi connectivity index (χ1n) is 10.8. The fraction of sp³-hybridized carbons (Fsp3) is 0.826. The van der Waals surface area contributed by atoms with Gasteiger partial charge in [0.25, 0.3) is 0 Å². The number of fused-ring (bicyclic) bond motifs is 1. The Morgan fingerprint density at radius 2 is 1.93 bits per heavy atom. The van der Waals surface area contributed by atoms with Gasteiger partial charge in [-0.2, -0.15) is 0 Å². The third-order valence-corrected chi connectivity index (χ3v) is 7.75. The van der Waals surface area contributed by atoms with Crippen LogP contribution in [0.1, 0.15) is 60.8 Å². The molecular formula is C23H36O7. The normalized spacial score (nSPS) is 42.2. The van der Waals surface area contributed by atoms with Crippen molar-refractivity contribution in [3.63, 3.8) is 0 Å². The lowest BCUT2D eigenvalue weighted by Gasteiger charge is -2.62. The van der Waals surface area contributed by atoms with E-state index in [1.807, 2.05) is 26.8 Å². The number of allylic oxidation sites excluding steroid dienone is 1. The molecule has 7 nitrogen and oxygen atoms in total. The molecule has 0 aromatic carbocycles. The largest absolute Gasteiger partial charge is 0.462 e. The summed E-state index contributed by atoms with van der Waals surface area (Å²) in [5.41, 5.74) is -2.02. The van der Waals surface area contributed by atoms with Crippen LogP contribution in [0.3, 0.4) is 0 Å². The first-order valence-corrected chi connectivity index (χ1v) is 10.8. The van der Waals surface area contributed by atoms with Crippen LogP contribution >= 0.6 is 0 Å². The Morgan fingerprint density at radius 3 is 2.43 bits per heavy atom. The van der Waals surface area contributed by atoms with Crippen LogP contribution in [-0.4, -0.2) is 63.7 Å². The summed E-state index contributed by atoms with van der Waals surface area (Å²) in [5.74, 6) is -1.96. The van der Waals surface area contributed by atoms with Crippen molar-refractivity contribution in [3.05, 3.63) is 11.6 Å². The minimum absolute atomic E-state index is 0.0490. The smallest absolute Gasteiger partial charge is 0.302 e. The molecule has 170 valence electrons. The number of ketones is 1. The van der Waals surface area contributed by atoms with Crippen LogP contribution in [0.2, 0.25) is 0 Å². The molecule has 0 bridgehead atoms. The van der Waals surface area contributed by atoms with Crippen molar-refractivity contribution in [2.45, 2.75) is 90.8 Å². The number of rotatable bonds is 5. The predicted octanol–water partition coefficient (Wildman–Crippen LogP) is 1.77. The van der Waals surface area contributed by atoms with Crippen molar-refractivity contribution in [2.24, 2.45) is 22.7 Å². The number of carbonyl (C=O) groups is 2. The van der Waals surface area contributed by atoms with Crippen molar-refractivity contribution < 1.29 is 34.4 Å². The maximum Gasteiger partial charge on any atom is 0.302 e. The van der Waals surface area contributed by atoms with Crippen LogP contribution in [-0.2, 0) is 19.1 Å². The van der Waals surface area contributed by atoms with E-state index in [0.717, 1.165) is 5.57 Å². The molecule has 3 N–H and O–H groups in total. The fourth-order valence-corrected chi connectivity index (χ4v) is 6.19. The summed E-state index contributed by atoms with van der Waals surface area (Å²) >= 11 is 0. The van der Waals surface area contributed by atoms with Crippen LogP contribution in [0, 0.1) is 22.7 Å². The Hall–Kier alpha value is -1.28. The van der Waals surface area contributed by atoms with E-state index in [2.05, 4.69) is 0 Å². The highest BCUT2D eigenvalue weighted by molar-refractivity contribution is 5.89. The van der Waals surface area contributed by atoms with Gasteiger partial charge in [-0.1, -0.05) is 26.8 Å². The monoisotopic (exact) mass is 424 g/mol. The minimum Gasteiger partial charge on any atom is -0.462 e. The van der Waals surface area contributed by atoms with E-state index in [0.29, 0.717) is 19.3 Å². The third-order valence-electron chi connectivity index (χ3n) is 7.75. The van der Waals surface area contributed by atoms with Crippen molar-refractivity contribution >= 4 is 11.8 Å². The molecule has 3 aliphatic rings. The minimum atomic E-state index is -1.34. The standard InChI is InChI=1S/C23H36O7/c1-12-10-21(4,5)15(9-16(12)26)18(30-14(3)25)19-22(6,20(27)13(2)24)8-7-17-23(19,28)11-29-17/h10,13,15-19,24,26,28H,7-9,11H2,1-6H3/t13-,15?,16+,17-,18-,19+,22-,23+/m1/s1. The molecule has 0 aromatic heterocycles. The SMILES string of the molecule is CC(=O)O[C@H](C1C[C@H](O)C(C)=CC1(C)C)[C@@H]1[C@]2(O)CO[C@@H]2CC[C@@]1(C)C(=O)[C@@H](C)O. The summed E-state index contributed by atoms with van der Waals surface area (Å²) in [5, 5.41) is 32.4. The zero-order valence-corrected chi connectivity index (χ0v) is 18.8. The summed E-state index contributed by atoms with van der Waals surface area (Å²) in [7, 11) is 0. The first-order chi connectivity index (χ1) is 13.7. The number of carbonyl (C=O) groups excluding carboxylic acids is 2. The number of aliphatic hydroxyl groups excluding tert-OH is 2. The van der Waals surface area contributed by atoms with E-state index in [1.165, 1.54) is 13.8 Å². The van der Waals surface area contributed by atoms with E-state index in [4.69, 9.17) is 9.47 Å². The Labute approximate surface area is 178 Å². The molecule has 3 rings (SSSR count).